The zero-order chi connectivity index (χ0) is 18.1. The molecule has 0 amide bonds. The molecule has 4 rings (SSSR count). The molecule has 4 aromatic rings. The first-order chi connectivity index (χ1) is 12.6. The molecule has 0 aliphatic rings. The van der Waals surface area contributed by atoms with Crippen LogP contribution in [-0.4, -0.2) is 29.9 Å². The second-order valence-electron chi connectivity index (χ2n) is 5.16. The fraction of sp³-hybridized carbons (Fsp3) is 0. The van der Waals surface area contributed by atoms with Gasteiger partial charge < -0.3 is 4.74 Å². The van der Waals surface area contributed by atoms with Gasteiger partial charge in [0.05, 0.1) is 10.6 Å². The van der Waals surface area contributed by atoms with Gasteiger partial charge in [0.1, 0.15) is 17.1 Å². The third kappa shape index (κ3) is 2.80. The van der Waals surface area contributed by atoms with E-state index in [2.05, 4.69) is 20.3 Å². The number of nitro groups is 1. The Morgan fingerprint density at radius 1 is 1.12 bits per heavy atom. The van der Waals surface area contributed by atoms with E-state index in [1.807, 2.05) is 30.3 Å². The third-order valence-corrected chi connectivity index (χ3v) is 3.84. The van der Waals surface area contributed by atoms with Gasteiger partial charge in [0.15, 0.2) is 11.2 Å². The van der Waals surface area contributed by atoms with E-state index in [4.69, 9.17) is 16.3 Å². The number of halogens is 1. The van der Waals surface area contributed by atoms with Gasteiger partial charge in [0.25, 0.3) is 11.6 Å². The Balaban J connectivity index is 1.73. The minimum absolute atomic E-state index is 0.0364. The first-order valence-electron chi connectivity index (χ1n) is 7.37. The molecule has 128 valence electrons. The van der Waals surface area contributed by atoms with E-state index < -0.39 is 4.92 Å². The summed E-state index contributed by atoms with van der Waals surface area (Å²) in [4.78, 5) is 18.5. The van der Waals surface area contributed by atoms with Crippen molar-refractivity contribution in [3.63, 3.8) is 0 Å². The summed E-state index contributed by atoms with van der Waals surface area (Å²) >= 11 is 5.91. The normalized spacial score (nSPS) is 10.8. The van der Waals surface area contributed by atoms with Crippen molar-refractivity contribution < 1.29 is 9.66 Å². The second kappa shape index (κ2) is 6.37. The Morgan fingerprint density at radius 2 is 1.92 bits per heavy atom. The maximum atomic E-state index is 10.8. The molecule has 2 aromatic heterocycles. The number of fused-ring (bicyclic) bond motifs is 1. The molecule has 2 heterocycles. The maximum absolute atomic E-state index is 10.8. The fourth-order valence-electron chi connectivity index (χ4n) is 2.36. The number of aromatic nitrogens is 5. The molecular weight excluding hydrogens is 360 g/mol. The van der Waals surface area contributed by atoms with Crippen LogP contribution in [0, 0.1) is 10.1 Å². The van der Waals surface area contributed by atoms with Crippen molar-refractivity contribution in [3.8, 4) is 17.3 Å². The molecule has 26 heavy (non-hydrogen) atoms. The highest BCUT2D eigenvalue weighted by Crippen LogP contribution is 2.32. The molecule has 0 aliphatic heterocycles. The molecule has 0 atom stereocenters. The molecule has 0 aliphatic carbocycles. The summed E-state index contributed by atoms with van der Waals surface area (Å²) in [6.45, 7) is 0. The van der Waals surface area contributed by atoms with Gasteiger partial charge in [-0.15, -0.1) is 5.10 Å². The molecule has 10 heteroatoms. The smallest absolute Gasteiger partial charge is 0.288 e. The molecular formula is C16H9ClN6O3. The Morgan fingerprint density at radius 3 is 2.65 bits per heavy atom. The Bertz CT molecular complexity index is 1120. The molecule has 0 N–H and O–H groups in total. The van der Waals surface area contributed by atoms with Crippen molar-refractivity contribution in [2.45, 2.75) is 0 Å². The number of benzene rings is 2. The van der Waals surface area contributed by atoms with E-state index in [-0.39, 0.29) is 22.3 Å². The lowest BCUT2D eigenvalue weighted by Gasteiger charge is -2.05. The van der Waals surface area contributed by atoms with Crippen molar-refractivity contribution >= 4 is 28.5 Å². The summed E-state index contributed by atoms with van der Waals surface area (Å²) in [5.74, 6) is 0.456. The number of nitrogens with zero attached hydrogens (tertiary/aromatic N) is 6. The number of hydrogen-bond donors (Lipinski definition) is 0. The highest BCUT2D eigenvalue weighted by atomic mass is 35.5. The van der Waals surface area contributed by atoms with Gasteiger partial charge in [-0.2, -0.15) is 9.67 Å². The van der Waals surface area contributed by atoms with E-state index in [0.29, 0.717) is 11.2 Å². The SMILES string of the molecule is O=[N+]([O-])c1ccc(Oc2ncnc3c2nnn3-c2ccccc2)cc1Cl. The van der Waals surface area contributed by atoms with Crippen LogP contribution < -0.4 is 4.74 Å². The van der Waals surface area contributed by atoms with Gasteiger partial charge in [-0.1, -0.05) is 35.0 Å². The molecule has 0 fully saturated rings. The van der Waals surface area contributed by atoms with Gasteiger partial charge in [-0.25, -0.2) is 4.98 Å². The number of para-hydroxylation sites is 1. The number of hydrogen-bond acceptors (Lipinski definition) is 7. The van der Waals surface area contributed by atoms with Crippen LogP contribution in [-0.2, 0) is 0 Å². The van der Waals surface area contributed by atoms with Crippen LogP contribution in [0.2, 0.25) is 5.02 Å². The minimum atomic E-state index is -0.569. The Kier molecular flexibility index (Phi) is 3.90. The number of nitro benzene ring substituents is 1. The Hall–Kier alpha value is -3.59. The summed E-state index contributed by atoms with van der Waals surface area (Å²) in [6.07, 6.45) is 1.33. The maximum Gasteiger partial charge on any atom is 0.288 e. The zero-order valence-electron chi connectivity index (χ0n) is 13.0. The Labute approximate surface area is 151 Å². The minimum Gasteiger partial charge on any atom is -0.437 e. The largest absolute Gasteiger partial charge is 0.437 e. The molecule has 0 spiro atoms. The summed E-state index contributed by atoms with van der Waals surface area (Å²) in [6, 6.07) is 13.4. The summed E-state index contributed by atoms with van der Waals surface area (Å²) < 4.78 is 7.24. The van der Waals surface area contributed by atoms with Gasteiger partial charge in [0, 0.05) is 12.1 Å². The molecule has 0 radical (unpaired) electrons. The average molecular weight is 369 g/mol. The highest BCUT2D eigenvalue weighted by Gasteiger charge is 2.17. The van der Waals surface area contributed by atoms with E-state index in [9.17, 15) is 10.1 Å². The highest BCUT2D eigenvalue weighted by molar-refractivity contribution is 6.32. The van der Waals surface area contributed by atoms with E-state index in [1.54, 1.807) is 4.68 Å². The fourth-order valence-corrected chi connectivity index (χ4v) is 2.60. The molecule has 2 aromatic carbocycles. The lowest BCUT2D eigenvalue weighted by molar-refractivity contribution is -0.384. The van der Waals surface area contributed by atoms with E-state index in [0.717, 1.165) is 5.69 Å². The van der Waals surface area contributed by atoms with Crippen molar-refractivity contribution in [3.05, 3.63) is 70.0 Å². The lowest BCUT2D eigenvalue weighted by Crippen LogP contribution is -1.98. The van der Waals surface area contributed by atoms with Crippen LogP contribution in [0.1, 0.15) is 0 Å². The monoisotopic (exact) mass is 368 g/mol. The number of ether oxygens (including phenoxy) is 1. The van der Waals surface area contributed by atoms with Gasteiger partial charge in [-0.05, 0) is 18.2 Å². The predicted molar refractivity (Wildman–Crippen MR) is 92.6 cm³/mol. The molecule has 0 bridgehead atoms. The molecule has 0 saturated carbocycles. The summed E-state index contributed by atoms with van der Waals surface area (Å²) in [7, 11) is 0. The number of rotatable bonds is 4. The summed E-state index contributed by atoms with van der Waals surface area (Å²) in [5, 5.41) is 19.0. The quantitative estimate of drug-likeness (QED) is 0.400. The van der Waals surface area contributed by atoms with Crippen molar-refractivity contribution in [1.82, 2.24) is 25.0 Å². The molecule has 0 unspecified atom stereocenters. The van der Waals surface area contributed by atoms with Crippen molar-refractivity contribution in [1.29, 1.82) is 0 Å². The standard InChI is InChI=1S/C16H9ClN6O3/c17-12-8-11(6-7-13(12)23(24)25)26-16-14-15(18-9-19-16)22(21-20-14)10-4-2-1-3-5-10/h1-9H. The zero-order valence-corrected chi connectivity index (χ0v) is 13.7. The topological polar surface area (TPSA) is 109 Å². The lowest BCUT2D eigenvalue weighted by atomic mass is 10.3. The van der Waals surface area contributed by atoms with Crippen LogP contribution in [0.15, 0.2) is 54.9 Å². The summed E-state index contributed by atoms with van der Waals surface area (Å²) in [5.41, 5.74) is 1.40. The predicted octanol–water partition coefficient (Wildman–Crippen LogP) is 3.56. The molecule has 9 nitrogen and oxygen atoms in total. The third-order valence-electron chi connectivity index (χ3n) is 3.54. The van der Waals surface area contributed by atoms with Crippen LogP contribution in [0.4, 0.5) is 5.69 Å². The average Bonchev–Trinajstić information content (AvgIpc) is 3.07. The van der Waals surface area contributed by atoms with E-state index in [1.165, 1.54) is 24.5 Å². The van der Waals surface area contributed by atoms with Crippen LogP contribution in [0.25, 0.3) is 16.9 Å². The van der Waals surface area contributed by atoms with Crippen LogP contribution >= 0.6 is 11.6 Å². The van der Waals surface area contributed by atoms with Gasteiger partial charge in [-0.3, -0.25) is 10.1 Å². The first kappa shape index (κ1) is 15.9. The van der Waals surface area contributed by atoms with Crippen molar-refractivity contribution in [2.24, 2.45) is 0 Å². The second-order valence-corrected chi connectivity index (χ2v) is 5.57. The first-order valence-corrected chi connectivity index (χ1v) is 7.75. The van der Waals surface area contributed by atoms with Crippen molar-refractivity contribution in [2.75, 3.05) is 0 Å². The van der Waals surface area contributed by atoms with Gasteiger partial charge in [0.2, 0.25) is 0 Å². The van der Waals surface area contributed by atoms with Crippen LogP contribution in [0.3, 0.4) is 0 Å². The van der Waals surface area contributed by atoms with Gasteiger partial charge >= 0.3 is 0 Å². The van der Waals surface area contributed by atoms with Crippen LogP contribution in [0.5, 0.6) is 11.6 Å². The molecule has 0 saturated heterocycles. The van der Waals surface area contributed by atoms with E-state index >= 15 is 0 Å².